The number of hydrogen-bond donors (Lipinski definition) is 1. The Kier molecular flexibility index (Phi) is 5.11. The quantitative estimate of drug-likeness (QED) is 0.921. The van der Waals surface area contributed by atoms with Gasteiger partial charge < -0.3 is 5.32 Å². The predicted octanol–water partition coefficient (Wildman–Crippen LogP) is 3.09. The van der Waals surface area contributed by atoms with E-state index in [4.69, 9.17) is 0 Å². The van der Waals surface area contributed by atoms with Gasteiger partial charge in [-0.1, -0.05) is 12.8 Å². The number of sulfonamides is 1. The summed E-state index contributed by atoms with van der Waals surface area (Å²) in [5.74, 6) is 0.686. The molecule has 1 aromatic carbocycles. The van der Waals surface area contributed by atoms with E-state index in [1.807, 2.05) is 13.0 Å². The van der Waals surface area contributed by atoms with Crippen molar-refractivity contribution in [3.05, 3.63) is 42.4 Å². The first-order chi connectivity index (χ1) is 11.6. The SMILES string of the molecule is Cc1cc(Nc2ccc(S(=O)(=O)N3CCCCCC3)cc2)ncn1. The number of rotatable bonds is 4. The summed E-state index contributed by atoms with van der Waals surface area (Å²) >= 11 is 0. The Morgan fingerprint density at radius 1 is 1.00 bits per heavy atom. The summed E-state index contributed by atoms with van der Waals surface area (Å²) in [7, 11) is -3.40. The number of anilines is 2. The molecule has 1 saturated heterocycles. The van der Waals surface area contributed by atoms with E-state index in [0.29, 0.717) is 23.8 Å². The molecule has 0 radical (unpaired) electrons. The molecule has 1 fully saturated rings. The van der Waals surface area contributed by atoms with Crippen molar-refractivity contribution in [1.29, 1.82) is 0 Å². The monoisotopic (exact) mass is 346 g/mol. The van der Waals surface area contributed by atoms with Crippen LogP contribution in [0.15, 0.2) is 41.6 Å². The second-order valence-electron chi connectivity index (χ2n) is 6.01. The van der Waals surface area contributed by atoms with Gasteiger partial charge in [-0.25, -0.2) is 18.4 Å². The summed E-state index contributed by atoms with van der Waals surface area (Å²) in [5, 5.41) is 3.15. The summed E-state index contributed by atoms with van der Waals surface area (Å²) < 4.78 is 27.1. The Labute approximate surface area is 143 Å². The Morgan fingerprint density at radius 3 is 2.29 bits per heavy atom. The molecule has 0 unspecified atom stereocenters. The molecule has 1 aliphatic rings. The van der Waals surface area contributed by atoms with Gasteiger partial charge in [0.25, 0.3) is 0 Å². The minimum absolute atomic E-state index is 0.341. The maximum absolute atomic E-state index is 12.7. The van der Waals surface area contributed by atoms with Gasteiger partial charge in [0.2, 0.25) is 10.0 Å². The molecule has 0 atom stereocenters. The van der Waals surface area contributed by atoms with Crippen LogP contribution in [-0.2, 0) is 10.0 Å². The summed E-state index contributed by atoms with van der Waals surface area (Å²) in [6.45, 7) is 3.12. The minimum Gasteiger partial charge on any atom is -0.340 e. The Morgan fingerprint density at radius 2 is 1.67 bits per heavy atom. The molecule has 0 spiro atoms. The third kappa shape index (κ3) is 3.91. The Bertz CT molecular complexity index is 782. The summed E-state index contributed by atoms with van der Waals surface area (Å²) in [5.41, 5.74) is 1.66. The molecule has 2 heterocycles. The second kappa shape index (κ2) is 7.27. The lowest BCUT2D eigenvalue weighted by atomic mass is 10.2. The van der Waals surface area contributed by atoms with Gasteiger partial charge in [-0.15, -0.1) is 0 Å². The number of aromatic nitrogens is 2. The molecule has 7 heteroatoms. The van der Waals surface area contributed by atoms with Crippen molar-refractivity contribution in [3.63, 3.8) is 0 Å². The van der Waals surface area contributed by atoms with Crippen molar-refractivity contribution in [3.8, 4) is 0 Å². The molecular formula is C17H22N4O2S. The number of nitrogens with zero attached hydrogens (tertiary/aromatic N) is 3. The number of aryl methyl sites for hydroxylation is 1. The molecule has 0 aliphatic carbocycles. The average Bonchev–Trinajstić information content (AvgIpc) is 2.85. The highest BCUT2D eigenvalue weighted by atomic mass is 32.2. The predicted molar refractivity (Wildman–Crippen MR) is 93.7 cm³/mol. The molecule has 1 aliphatic heterocycles. The van der Waals surface area contributed by atoms with Crippen LogP contribution >= 0.6 is 0 Å². The Balaban J connectivity index is 1.75. The molecule has 0 bridgehead atoms. The van der Waals surface area contributed by atoms with Crippen molar-refractivity contribution in [1.82, 2.24) is 14.3 Å². The van der Waals surface area contributed by atoms with Crippen molar-refractivity contribution in [2.24, 2.45) is 0 Å². The molecule has 24 heavy (non-hydrogen) atoms. The third-order valence-electron chi connectivity index (χ3n) is 4.13. The molecule has 2 aromatic rings. The molecule has 0 amide bonds. The van der Waals surface area contributed by atoms with Crippen LogP contribution in [0.25, 0.3) is 0 Å². The van der Waals surface area contributed by atoms with E-state index >= 15 is 0 Å². The Hall–Kier alpha value is -1.99. The van der Waals surface area contributed by atoms with Crippen molar-refractivity contribution in [2.45, 2.75) is 37.5 Å². The zero-order valence-corrected chi connectivity index (χ0v) is 14.6. The highest BCUT2D eigenvalue weighted by Crippen LogP contribution is 2.22. The minimum atomic E-state index is -3.40. The van der Waals surface area contributed by atoms with Gasteiger partial charge in [0.05, 0.1) is 4.90 Å². The molecule has 1 N–H and O–H groups in total. The summed E-state index contributed by atoms with van der Waals surface area (Å²) in [6, 6.07) is 8.67. The van der Waals surface area contributed by atoms with Gasteiger partial charge in [-0.2, -0.15) is 4.31 Å². The second-order valence-corrected chi connectivity index (χ2v) is 7.95. The van der Waals surface area contributed by atoms with Crippen LogP contribution in [0.1, 0.15) is 31.4 Å². The fourth-order valence-corrected chi connectivity index (χ4v) is 4.33. The van der Waals surface area contributed by atoms with Gasteiger partial charge in [0.1, 0.15) is 12.1 Å². The van der Waals surface area contributed by atoms with Crippen LogP contribution in [0.4, 0.5) is 11.5 Å². The molecular weight excluding hydrogens is 324 g/mol. The highest BCUT2D eigenvalue weighted by Gasteiger charge is 2.24. The molecule has 6 nitrogen and oxygen atoms in total. The highest BCUT2D eigenvalue weighted by molar-refractivity contribution is 7.89. The maximum Gasteiger partial charge on any atom is 0.243 e. The van der Waals surface area contributed by atoms with E-state index < -0.39 is 10.0 Å². The molecule has 128 valence electrons. The first-order valence-corrected chi connectivity index (χ1v) is 9.65. The van der Waals surface area contributed by atoms with Crippen molar-refractivity contribution >= 4 is 21.5 Å². The first kappa shape index (κ1) is 16.9. The fourth-order valence-electron chi connectivity index (χ4n) is 2.81. The van der Waals surface area contributed by atoms with Crippen LogP contribution in [0.5, 0.6) is 0 Å². The summed E-state index contributed by atoms with van der Waals surface area (Å²) in [6.07, 6.45) is 5.58. The fraction of sp³-hybridized carbons (Fsp3) is 0.412. The van der Waals surface area contributed by atoms with Gasteiger partial charge in [0, 0.05) is 30.5 Å². The lowest BCUT2D eigenvalue weighted by molar-refractivity contribution is 0.424. The summed E-state index contributed by atoms with van der Waals surface area (Å²) in [4.78, 5) is 8.53. The first-order valence-electron chi connectivity index (χ1n) is 8.21. The molecule has 1 aromatic heterocycles. The van der Waals surface area contributed by atoms with Crippen LogP contribution in [0.2, 0.25) is 0 Å². The lowest BCUT2D eigenvalue weighted by Crippen LogP contribution is -2.31. The van der Waals surface area contributed by atoms with E-state index in [1.165, 1.54) is 6.33 Å². The van der Waals surface area contributed by atoms with Crippen molar-refractivity contribution < 1.29 is 8.42 Å². The smallest absolute Gasteiger partial charge is 0.243 e. The standard InChI is InChI=1S/C17H22N4O2S/c1-14-12-17(19-13-18-14)20-15-6-8-16(9-7-15)24(22,23)21-10-4-2-3-5-11-21/h6-9,12-13H,2-5,10-11H2,1H3,(H,18,19,20). The van der Waals surface area contributed by atoms with Crippen LogP contribution in [0, 0.1) is 6.92 Å². The molecule has 3 rings (SSSR count). The average molecular weight is 346 g/mol. The lowest BCUT2D eigenvalue weighted by Gasteiger charge is -2.20. The van der Waals surface area contributed by atoms with Gasteiger partial charge in [0.15, 0.2) is 0 Å². The van der Waals surface area contributed by atoms with Gasteiger partial charge in [-0.3, -0.25) is 0 Å². The van der Waals surface area contributed by atoms with E-state index in [-0.39, 0.29) is 0 Å². The van der Waals surface area contributed by atoms with E-state index in [2.05, 4.69) is 15.3 Å². The number of hydrogen-bond acceptors (Lipinski definition) is 5. The zero-order chi connectivity index (χ0) is 17.0. The number of nitrogens with one attached hydrogen (secondary N) is 1. The van der Waals surface area contributed by atoms with Crippen LogP contribution < -0.4 is 5.32 Å². The third-order valence-corrected chi connectivity index (χ3v) is 6.05. The van der Waals surface area contributed by atoms with Crippen molar-refractivity contribution in [2.75, 3.05) is 18.4 Å². The number of benzene rings is 1. The van der Waals surface area contributed by atoms with E-state index in [9.17, 15) is 8.42 Å². The van der Waals surface area contributed by atoms with Crippen LogP contribution in [-0.4, -0.2) is 35.8 Å². The maximum atomic E-state index is 12.7. The van der Waals surface area contributed by atoms with Crippen LogP contribution in [0.3, 0.4) is 0 Å². The van der Waals surface area contributed by atoms with Gasteiger partial charge >= 0.3 is 0 Å². The van der Waals surface area contributed by atoms with E-state index in [0.717, 1.165) is 37.1 Å². The largest absolute Gasteiger partial charge is 0.340 e. The van der Waals surface area contributed by atoms with E-state index in [1.54, 1.807) is 28.6 Å². The van der Waals surface area contributed by atoms with Gasteiger partial charge in [-0.05, 0) is 44.0 Å². The normalized spacial score (nSPS) is 16.5. The zero-order valence-electron chi connectivity index (χ0n) is 13.8. The molecule has 0 saturated carbocycles. The topological polar surface area (TPSA) is 75.2 Å².